The fourth-order valence-corrected chi connectivity index (χ4v) is 1.75. The molecule has 94 valence electrons. The highest BCUT2D eigenvalue weighted by molar-refractivity contribution is 7.15. The van der Waals surface area contributed by atoms with Gasteiger partial charge in [-0.3, -0.25) is 5.32 Å². The highest BCUT2D eigenvalue weighted by atomic mass is 32.1. The number of amides is 2. The monoisotopic (exact) mass is 259 g/mol. The first-order chi connectivity index (χ1) is 7.90. The Hall–Kier alpha value is -1.67. The quantitative estimate of drug-likeness (QED) is 0.622. The number of aromatic nitrogens is 1. The van der Waals surface area contributed by atoms with Crippen molar-refractivity contribution in [1.29, 1.82) is 0 Å². The normalized spacial score (nSPS) is 11.9. The van der Waals surface area contributed by atoms with Crippen molar-refractivity contribution in [3.63, 3.8) is 0 Å². The van der Waals surface area contributed by atoms with Crippen LogP contribution < -0.4 is 10.6 Å². The number of aliphatic carboxylic acids is 1. The summed E-state index contributed by atoms with van der Waals surface area (Å²) in [5.74, 6) is -1.38. The van der Waals surface area contributed by atoms with Crippen molar-refractivity contribution >= 4 is 28.5 Å². The molecular formula is C9H13N3O4S. The van der Waals surface area contributed by atoms with Gasteiger partial charge in [0.25, 0.3) is 0 Å². The van der Waals surface area contributed by atoms with E-state index >= 15 is 0 Å². The number of aliphatic hydroxyl groups excluding tert-OH is 1. The third-order valence-electron chi connectivity index (χ3n) is 1.99. The zero-order valence-corrected chi connectivity index (χ0v) is 10.2. The molecule has 1 heterocycles. The van der Waals surface area contributed by atoms with Gasteiger partial charge in [0.15, 0.2) is 11.2 Å². The average molecular weight is 259 g/mol. The van der Waals surface area contributed by atoms with Crippen LogP contribution in [-0.2, 0) is 4.79 Å². The second kappa shape index (κ2) is 5.60. The van der Waals surface area contributed by atoms with E-state index in [2.05, 4.69) is 15.6 Å². The molecule has 0 radical (unpaired) electrons. The van der Waals surface area contributed by atoms with Gasteiger partial charge in [-0.1, -0.05) is 0 Å². The summed E-state index contributed by atoms with van der Waals surface area (Å²) in [6.45, 7) is 3.35. The molecule has 0 saturated carbocycles. The van der Waals surface area contributed by atoms with Crippen LogP contribution in [-0.4, -0.2) is 39.8 Å². The number of carbonyl (C=O) groups is 2. The fourth-order valence-electron chi connectivity index (χ4n) is 0.944. The van der Waals surface area contributed by atoms with Crippen molar-refractivity contribution in [1.82, 2.24) is 10.3 Å². The minimum atomic E-state index is -1.61. The van der Waals surface area contributed by atoms with E-state index in [1.54, 1.807) is 0 Å². The van der Waals surface area contributed by atoms with Crippen molar-refractivity contribution in [2.24, 2.45) is 0 Å². The number of hydrogen-bond donors (Lipinski definition) is 4. The number of nitrogens with one attached hydrogen (secondary N) is 2. The summed E-state index contributed by atoms with van der Waals surface area (Å²) in [6.07, 6.45) is -1.61. The number of nitrogens with zero attached hydrogens (tertiary/aromatic N) is 1. The van der Waals surface area contributed by atoms with Gasteiger partial charge in [0.05, 0.1) is 12.2 Å². The van der Waals surface area contributed by atoms with Crippen LogP contribution in [0.1, 0.15) is 10.6 Å². The highest BCUT2D eigenvalue weighted by Gasteiger charge is 2.14. The molecule has 1 atom stereocenters. The van der Waals surface area contributed by atoms with Gasteiger partial charge in [0, 0.05) is 4.88 Å². The SMILES string of the molecule is Cc1nc(NC(=O)NCC(O)C(=O)O)sc1C. The van der Waals surface area contributed by atoms with Crippen molar-refractivity contribution in [2.45, 2.75) is 20.0 Å². The summed E-state index contributed by atoms with van der Waals surface area (Å²) in [4.78, 5) is 26.7. The molecule has 0 aliphatic rings. The molecule has 0 aromatic carbocycles. The number of rotatable bonds is 4. The number of aliphatic hydroxyl groups is 1. The second-order valence-electron chi connectivity index (χ2n) is 3.35. The molecule has 1 aromatic heterocycles. The summed E-state index contributed by atoms with van der Waals surface area (Å²) in [5, 5.41) is 22.4. The van der Waals surface area contributed by atoms with Crippen molar-refractivity contribution < 1.29 is 19.8 Å². The van der Waals surface area contributed by atoms with E-state index < -0.39 is 18.1 Å². The van der Waals surface area contributed by atoms with E-state index in [1.165, 1.54) is 11.3 Å². The largest absolute Gasteiger partial charge is 0.479 e. The summed E-state index contributed by atoms with van der Waals surface area (Å²) in [5.41, 5.74) is 0.830. The Labute approximate surface area is 101 Å². The van der Waals surface area contributed by atoms with Gasteiger partial charge in [0.2, 0.25) is 0 Å². The Bertz CT molecular complexity index is 412. The van der Waals surface area contributed by atoms with Gasteiger partial charge in [-0.15, -0.1) is 11.3 Å². The predicted octanol–water partition coefficient (Wildman–Crippen LogP) is 0.327. The smallest absolute Gasteiger partial charge is 0.334 e. The number of anilines is 1. The predicted molar refractivity (Wildman–Crippen MR) is 62.3 cm³/mol. The van der Waals surface area contributed by atoms with Gasteiger partial charge in [-0.25, -0.2) is 14.6 Å². The third-order valence-corrected chi connectivity index (χ3v) is 2.98. The van der Waals surface area contributed by atoms with Gasteiger partial charge in [-0.05, 0) is 13.8 Å². The minimum Gasteiger partial charge on any atom is -0.479 e. The maximum Gasteiger partial charge on any atom is 0.334 e. The van der Waals surface area contributed by atoms with E-state index in [0.717, 1.165) is 10.6 Å². The van der Waals surface area contributed by atoms with Crippen LogP contribution >= 0.6 is 11.3 Å². The third kappa shape index (κ3) is 4.00. The van der Waals surface area contributed by atoms with Crippen LogP contribution in [0.25, 0.3) is 0 Å². The zero-order chi connectivity index (χ0) is 13.0. The lowest BCUT2D eigenvalue weighted by atomic mass is 10.4. The molecule has 0 aliphatic heterocycles. The maximum atomic E-state index is 11.3. The molecule has 4 N–H and O–H groups in total. The summed E-state index contributed by atoms with van der Waals surface area (Å²) >= 11 is 1.32. The first-order valence-corrected chi connectivity index (χ1v) is 5.61. The number of hydrogen-bond acceptors (Lipinski definition) is 5. The van der Waals surface area contributed by atoms with Crippen molar-refractivity contribution in [2.75, 3.05) is 11.9 Å². The topological polar surface area (TPSA) is 112 Å². The first-order valence-electron chi connectivity index (χ1n) is 4.80. The van der Waals surface area contributed by atoms with Crippen molar-refractivity contribution in [3.8, 4) is 0 Å². The molecule has 0 bridgehead atoms. The van der Waals surface area contributed by atoms with E-state index in [1.807, 2.05) is 13.8 Å². The molecule has 7 nitrogen and oxygen atoms in total. The molecule has 1 rings (SSSR count). The molecule has 8 heteroatoms. The molecule has 1 aromatic rings. The number of aryl methyl sites for hydroxylation is 2. The Morgan fingerprint density at radius 2 is 2.12 bits per heavy atom. The maximum absolute atomic E-state index is 11.3. The number of carbonyl (C=O) groups excluding carboxylic acids is 1. The lowest BCUT2D eigenvalue weighted by molar-refractivity contribution is -0.146. The lowest BCUT2D eigenvalue weighted by Gasteiger charge is -2.07. The van der Waals surface area contributed by atoms with E-state index in [9.17, 15) is 9.59 Å². The standard InChI is InChI=1S/C9H13N3O4S/c1-4-5(2)17-9(11-4)12-8(16)10-3-6(13)7(14)15/h6,13H,3H2,1-2H3,(H,14,15)(H2,10,11,12,16). The van der Waals surface area contributed by atoms with Crippen LogP contribution in [0.2, 0.25) is 0 Å². The summed E-state index contributed by atoms with van der Waals surface area (Å²) < 4.78 is 0. The number of carboxylic acids is 1. The Kier molecular flexibility index (Phi) is 4.41. The molecule has 17 heavy (non-hydrogen) atoms. The van der Waals surface area contributed by atoms with E-state index in [0.29, 0.717) is 5.13 Å². The van der Waals surface area contributed by atoms with Crippen LogP contribution in [0.4, 0.5) is 9.93 Å². The van der Waals surface area contributed by atoms with E-state index in [-0.39, 0.29) is 6.54 Å². The Balaban J connectivity index is 2.42. The number of thiazole rings is 1. The minimum absolute atomic E-state index is 0.357. The van der Waals surface area contributed by atoms with Crippen LogP contribution in [0.15, 0.2) is 0 Å². The zero-order valence-electron chi connectivity index (χ0n) is 9.35. The number of urea groups is 1. The number of carboxylic acid groups (broad SMARTS) is 1. The molecule has 2 amide bonds. The Morgan fingerprint density at radius 3 is 2.59 bits per heavy atom. The summed E-state index contributed by atoms with van der Waals surface area (Å²) in [6, 6.07) is -0.598. The second-order valence-corrected chi connectivity index (χ2v) is 4.55. The van der Waals surface area contributed by atoms with Crippen LogP contribution in [0.3, 0.4) is 0 Å². The molecule has 0 fully saturated rings. The van der Waals surface area contributed by atoms with Gasteiger partial charge < -0.3 is 15.5 Å². The lowest BCUT2D eigenvalue weighted by Crippen LogP contribution is -2.38. The average Bonchev–Trinajstić information content (AvgIpc) is 2.54. The molecule has 1 unspecified atom stereocenters. The molecule has 0 aliphatic carbocycles. The molecule has 0 saturated heterocycles. The summed E-state index contributed by atoms with van der Waals surface area (Å²) in [7, 11) is 0. The fraction of sp³-hybridized carbons (Fsp3) is 0.444. The molecule has 0 spiro atoms. The van der Waals surface area contributed by atoms with E-state index in [4.69, 9.17) is 10.2 Å². The molecular weight excluding hydrogens is 246 g/mol. The Morgan fingerprint density at radius 1 is 1.47 bits per heavy atom. The van der Waals surface area contributed by atoms with Crippen LogP contribution in [0, 0.1) is 13.8 Å². The van der Waals surface area contributed by atoms with Crippen LogP contribution in [0.5, 0.6) is 0 Å². The first kappa shape index (κ1) is 13.4. The van der Waals surface area contributed by atoms with Crippen molar-refractivity contribution in [3.05, 3.63) is 10.6 Å². The highest BCUT2D eigenvalue weighted by Crippen LogP contribution is 2.20. The van der Waals surface area contributed by atoms with Gasteiger partial charge in [-0.2, -0.15) is 0 Å². The van der Waals surface area contributed by atoms with Gasteiger partial charge >= 0.3 is 12.0 Å². The van der Waals surface area contributed by atoms with Gasteiger partial charge in [0.1, 0.15) is 0 Å².